The number of alkyl carbamates (subject to hydrolysis) is 1. The quantitative estimate of drug-likeness (QED) is 0.563. The fourth-order valence-electron chi connectivity index (χ4n) is 4.53. The Bertz CT molecular complexity index is 1120. The van der Waals surface area contributed by atoms with E-state index in [0.717, 1.165) is 40.8 Å². The zero-order chi connectivity index (χ0) is 26.6. The maximum Gasteiger partial charge on any atom is 0.408 e. The van der Waals surface area contributed by atoms with Crippen LogP contribution in [0.25, 0.3) is 0 Å². The summed E-state index contributed by atoms with van der Waals surface area (Å²) in [6.07, 6.45) is 1.22. The predicted octanol–water partition coefficient (Wildman–Crippen LogP) is 3.93. The number of phenols is 1. The lowest BCUT2D eigenvalue weighted by molar-refractivity contribution is -0.128. The van der Waals surface area contributed by atoms with Gasteiger partial charge in [-0.2, -0.15) is 0 Å². The summed E-state index contributed by atoms with van der Waals surface area (Å²) in [6, 6.07) is 9.25. The molecule has 3 amide bonds. The van der Waals surface area contributed by atoms with Crippen molar-refractivity contribution in [3.8, 4) is 5.75 Å². The lowest BCUT2D eigenvalue weighted by atomic mass is 9.95. The van der Waals surface area contributed by atoms with Gasteiger partial charge in [-0.25, -0.2) is 4.79 Å². The standard InChI is InChI=1S/C28H37N3O5/c1-17-14-21(32)15-18(2)22(17)16-23(30-27(35)36-28(4,5)6)25(33)29-19(3)26(34)31-13-9-11-20-10-7-8-12-24(20)31/h7-8,10,12,14-15,19,23,32H,9,11,13,16H2,1-6H3,(H,29,33)(H,30,35). The molecule has 0 aliphatic carbocycles. The second-order valence-corrected chi connectivity index (χ2v) is 10.4. The van der Waals surface area contributed by atoms with Crippen molar-refractivity contribution in [3.05, 3.63) is 58.7 Å². The Hall–Kier alpha value is -3.55. The summed E-state index contributed by atoms with van der Waals surface area (Å²) in [6.45, 7) is 11.1. The summed E-state index contributed by atoms with van der Waals surface area (Å²) in [7, 11) is 0. The number of benzene rings is 2. The van der Waals surface area contributed by atoms with E-state index >= 15 is 0 Å². The number of para-hydroxylation sites is 1. The van der Waals surface area contributed by atoms with Crippen molar-refractivity contribution in [2.75, 3.05) is 11.4 Å². The molecule has 36 heavy (non-hydrogen) atoms. The Kier molecular flexibility index (Phi) is 8.28. The van der Waals surface area contributed by atoms with E-state index < -0.39 is 29.7 Å². The molecular weight excluding hydrogens is 458 g/mol. The molecule has 0 spiro atoms. The SMILES string of the molecule is Cc1cc(O)cc(C)c1CC(NC(=O)OC(C)(C)C)C(=O)NC(C)C(=O)N1CCCc2ccccc21. The molecule has 1 aliphatic rings. The molecule has 2 unspecified atom stereocenters. The van der Waals surface area contributed by atoms with E-state index in [1.807, 2.05) is 38.1 Å². The predicted molar refractivity (Wildman–Crippen MR) is 139 cm³/mol. The zero-order valence-corrected chi connectivity index (χ0v) is 22.0. The molecule has 0 bridgehead atoms. The molecule has 2 atom stereocenters. The van der Waals surface area contributed by atoms with Crippen LogP contribution in [0, 0.1) is 13.8 Å². The van der Waals surface area contributed by atoms with Crippen molar-refractivity contribution >= 4 is 23.6 Å². The summed E-state index contributed by atoms with van der Waals surface area (Å²) in [5.41, 5.74) is 3.66. The first-order chi connectivity index (χ1) is 16.9. The fraction of sp³-hybridized carbons (Fsp3) is 0.464. The van der Waals surface area contributed by atoms with Crippen LogP contribution in [0.2, 0.25) is 0 Å². The summed E-state index contributed by atoms with van der Waals surface area (Å²) in [5.74, 6) is -0.557. The topological polar surface area (TPSA) is 108 Å². The monoisotopic (exact) mass is 495 g/mol. The van der Waals surface area contributed by atoms with E-state index in [4.69, 9.17) is 4.74 Å². The number of anilines is 1. The zero-order valence-electron chi connectivity index (χ0n) is 22.0. The van der Waals surface area contributed by atoms with Crippen LogP contribution in [-0.2, 0) is 27.2 Å². The number of nitrogens with one attached hydrogen (secondary N) is 2. The number of ether oxygens (including phenoxy) is 1. The number of amides is 3. The van der Waals surface area contributed by atoms with Gasteiger partial charge in [-0.15, -0.1) is 0 Å². The van der Waals surface area contributed by atoms with Crippen molar-refractivity contribution in [2.45, 2.75) is 78.5 Å². The van der Waals surface area contributed by atoms with E-state index in [9.17, 15) is 19.5 Å². The molecule has 194 valence electrons. The third kappa shape index (κ3) is 6.77. The molecule has 0 saturated heterocycles. The van der Waals surface area contributed by atoms with Crippen molar-refractivity contribution < 1.29 is 24.2 Å². The largest absolute Gasteiger partial charge is 0.508 e. The van der Waals surface area contributed by atoms with Gasteiger partial charge in [-0.3, -0.25) is 9.59 Å². The van der Waals surface area contributed by atoms with Gasteiger partial charge in [0.1, 0.15) is 23.4 Å². The van der Waals surface area contributed by atoms with Crippen LogP contribution in [-0.4, -0.2) is 47.2 Å². The van der Waals surface area contributed by atoms with Crippen molar-refractivity contribution in [3.63, 3.8) is 0 Å². The highest BCUT2D eigenvalue weighted by Gasteiger charge is 2.31. The highest BCUT2D eigenvalue weighted by Crippen LogP contribution is 2.27. The molecule has 0 aromatic heterocycles. The molecule has 2 aromatic carbocycles. The first-order valence-electron chi connectivity index (χ1n) is 12.3. The van der Waals surface area contributed by atoms with Gasteiger partial charge in [0, 0.05) is 18.7 Å². The number of hydrogen-bond donors (Lipinski definition) is 3. The Balaban J connectivity index is 1.79. The first kappa shape index (κ1) is 27.0. The molecule has 0 radical (unpaired) electrons. The van der Waals surface area contributed by atoms with Gasteiger partial charge in [0.05, 0.1) is 0 Å². The normalized spacial score (nSPS) is 14.9. The fourth-order valence-corrected chi connectivity index (χ4v) is 4.53. The van der Waals surface area contributed by atoms with E-state index in [0.29, 0.717) is 6.54 Å². The third-order valence-corrected chi connectivity index (χ3v) is 6.20. The molecule has 3 N–H and O–H groups in total. The number of carbonyl (C=O) groups excluding carboxylic acids is 3. The van der Waals surface area contributed by atoms with Crippen LogP contribution >= 0.6 is 0 Å². The second-order valence-electron chi connectivity index (χ2n) is 10.4. The molecule has 8 nitrogen and oxygen atoms in total. The number of nitrogens with zero attached hydrogens (tertiary/aromatic N) is 1. The number of aromatic hydroxyl groups is 1. The van der Waals surface area contributed by atoms with Crippen molar-refractivity contribution in [1.82, 2.24) is 10.6 Å². The average molecular weight is 496 g/mol. The van der Waals surface area contributed by atoms with E-state index in [1.54, 1.807) is 44.7 Å². The number of aryl methyl sites for hydroxylation is 3. The van der Waals surface area contributed by atoms with Crippen molar-refractivity contribution in [1.29, 1.82) is 0 Å². The molecule has 0 fully saturated rings. The third-order valence-electron chi connectivity index (χ3n) is 6.20. The summed E-state index contributed by atoms with van der Waals surface area (Å²) < 4.78 is 5.38. The molecule has 1 aliphatic heterocycles. The number of fused-ring (bicyclic) bond motifs is 1. The summed E-state index contributed by atoms with van der Waals surface area (Å²) >= 11 is 0. The average Bonchev–Trinajstić information content (AvgIpc) is 2.78. The van der Waals surface area contributed by atoms with Crippen LogP contribution < -0.4 is 15.5 Å². The summed E-state index contributed by atoms with van der Waals surface area (Å²) in [4.78, 5) is 41.0. The molecule has 1 heterocycles. The van der Waals surface area contributed by atoms with E-state index in [2.05, 4.69) is 10.6 Å². The minimum absolute atomic E-state index is 0.135. The van der Waals surface area contributed by atoms with Crippen LogP contribution in [0.15, 0.2) is 36.4 Å². The second kappa shape index (κ2) is 11.0. The molecule has 3 rings (SSSR count). The molecular formula is C28H37N3O5. The highest BCUT2D eigenvalue weighted by atomic mass is 16.6. The number of rotatable bonds is 6. The summed E-state index contributed by atoms with van der Waals surface area (Å²) in [5, 5.41) is 15.4. The highest BCUT2D eigenvalue weighted by molar-refractivity contribution is 6.00. The van der Waals surface area contributed by atoms with Crippen molar-refractivity contribution in [2.24, 2.45) is 0 Å². The first-order valence-corrected chi connectivity index (χ1v) is 12.3. The smallest absolute Gasteiger partial charge is 0.408 e. The maximum atomic E-state index is 13.4. The van der Waals surface area contributed by atoms with Gasteiger partial charge in [0.15, 0.2) is 0 Å². The van der Waals surface area contributed by atoms with Crippen LogP contribution in [0.1, 0.15) is 56.4 Å². The van der Waals surface area contributed by atoms with Crippen LogP contribution in [0.4, 0.5) is 10.5 Å². The number of hydrogen-bond acceptors (Lipinski definition) is 5. The van der Waals surface area contributed by atoms with Gasteiger partial charge in [0.2, 0.25) is 11.8 Å². The lowest BCUT2D eigenvalue weighted by Crippen LogP contribution is -2.55. The minimum atomic E-state index is -0.981. The van der Waals surface area contributed by atoms with E-state index in [-0.39, 0.29) is 18.1 Å². The maximum absolute atomic E-state index is 13.4. The van der Waals surface area contributed by atoms with Gasteiger partial charge in [-0.05, 0) is 94.8 Å². The lowest BCUT2D eigenvalue weighted by Gasteiger charge is -2.32. The van der Waals surface area contributed by atoms with E-state index in [1.165, 1.54) is 0 Å². The molecule has 8 heteroatoms. The molecule has 0 saturated carbocycles. The Morgan fingerprint density at radius 1 is 1.08 bits per heavy atom. The Labute approximate surface area is 213 Å². The van der Waals surface area contributed by atoms with Gasteiger partial charge in [0.25, 0.3) is 0 Å². The number of phenolic OH excluding ortho intramolecular Hbond substituents is 1. The Morgan fingerprint density at radius 3 is 2.36 bits per heavy atom. The van der Waals surface area contributed by atoms with Gasteiger partial charge in [-0.1, -0.05) is 18.2 Å². The number of carbonyl (C=O) groups is 3. The Morgan fingerprint density at radius 2 is 1.72 bits per heavy atom. The minimum Gasteiger partial charge on any atom is -0.508 e. The van der Waals surface area contributed by atoms with Gasteiger partial charge >= 0.3 is 6.09 Å². The van der Waals surface area contributed by atoms with Gasteiger partial charge < -0.3 is 25.4 Å². The molecule has 2 aromatic rings. The van der Waals surface area contributed by atoms with Crippen LogP contribution in [0.5, 0.6) is 5.75 Å². The van der Waals surface area contributed by atoms with Crippen LogP contribution in [0.3, 0.4) is 0 Å².